The summed E-state index contributed by atoms with van der Waals surface area (Å²) in [4.78, 5) is 0. The first-order valence-electron chi connectivity index (χ1n) is 15.0. The molecule has 2 aliphatic rings. The molecular formula is C42H28O. The van der Waals surface area contributed by atoms with Crippen LogP contribution in [0, 0.1) is 5.92 Å². The second-order valence-corrected chi connectivity index (χ2v) is 11.6. The van der Waals surface area contributed by atoms with Gasteiger partial charge in [-0.2, -0.15) is 0 Å². The Bertz CT molecular complexity index is 2280. The third-order valence-corrected chi connectivity index (χ3v) is 9.30. The predicted octanol–water partition coefficient (Wildman–Crippen LogP) is 11.1. The highest BCUT2D eigenvalue weighted by Gasteiger charge is 2.37. The van der Waals surface area contributed by atoms with Crippen molar-refractivity contribution in [3.63, 3.8) is 0 Å². The van der Waals surface area contributed by atoms with Gasteiger partial charge in [0.2, 0.25) is 0 Å². The topological polar surface area (TPSA) is 13.1 Å². The third kappa shape index (κ3) is 3.65. The average Bonchev–Trinajstić information content (AvgIpc) is 3.48. The summed E-state index contributed by atoms with van der Waals surface area (Å²) in [6, 6.07) is 48.2. The lowest BCUT2D eigenvalue weighted by Crippen LogP contribution is -2.23. The van der Waals surface area contributed by atoms with E-state index in [0.717, 1.165) is 22.1 Å². The number of hydrogen-bond acceptors (Lipinski definition) is 1. The van der Waals surface area contributed by atoms with E-state index in [-0.39, 0.29) is 11.8 Å². The Hall–Kier alpha value is -5.40. The van der Waals surface area contributed by atoms with Crippen LogP contribution in [0.25, 0.3) is 49.4 Å². The molecule has 202 valence electrons. The van der Waals surface area contributed by atoms with Crippen LogP contribution in [-0.4, -0.2) is 0 Å². The lowest BCUT2D eigenvalue weighted by molar-refractivity contribution is 0.649. The molecule has 2 unspecified atom stereocenters. The minimum absolute atomic E-state index is 0.138. The molecule has 0 bridgehead atoms. The van der Waals surface area contributed by atoms with Crippen LogP contribution in [0.3, 0.4) is 0 Å². The third-order valence-electron chi connectivity index (χ3n) is 9.30. The van der Waals surface area contributed by atoms with Gasteiger partial charge in [-0.25, -0.2) is 0 Å². The predicted molar refractivity (Wildman–Crippen MR) is 179 cm³/mol. The summed E-state index contributed by atoms with van der Waals surface area (Å²) in [5.74, 6) is 0.339. The molecular weight excluding hydrogens is 520 g/mol. The van der Waals surface area contributed by atoms with Gasteiger partial charge >= 0.3 is 0 Å². The van der Waals surface area contributed by atoms with Gasteiger partial charge < -0.3 is 4.42 Å². The Morgan fingerprint density at radius 3 is 2.09 bits per heavy atom. The lowest BCUT2D eigenvalue weighted by Gasteiger charge is -2.37. The summed E-state index contributed by atoms with van der Waals surface area (Å²) in [6.45, 7) is 0. The second-order valence-electron chi connectivity index (χ2n) is 11.6. The summed E-state index contributed by atoms with van der Waals surface area (Å²) >= 11 is 0. The fourth-order valence-electron chi connectivity index (χ4n) is 7.47. The maximum absolute atomic E-state index is 6.95. The molecule has 7 aromatic rings. The van der Waals surface area contributed by atoms with Crippen LogP contribution in [0.1, 0.15) is 28.2 Å². The van der Waals surface area contributed by atoms with Gasteiger partial charge in [0.1, 0.15) is 11.2 Å². The zero-order valence-corrected chi connectivity index (χ0v) is 23.6. The molecule has 0 saturated heterocycles. The molecule has 0 aliphatic heterocycles. The summed E-state index contributed by atoms with van der Waals surface area (Å²) in [5.41, 5.74) is 12.2. The van der Waals surface area contributed by atoms with Crippen LogP contribution >= 0.6 is 0 Å². The molecule has 2 aliphatic carbocycles. The van der Waals surface area contributed by atoms with Gasteiger partial charge in [-0.3, -0.25) is 0 Å². The molecule has 0 amide bonds. The number of hydrogen-bond donors (Lipinski definition) is 0. The van der Waals surface area contributed by atoms with Gasteiger partial charge in [-0.1, -0.05) is 152 Å². The van der Waals surface area contributed by atoms with Gasteiger partial charge in [0.05, 0.1) is 0 Å². The molecule has 1 heteroatoms. The Morgan fingerprint density at radius 1 is 0.488 bits per heavy atom. The van der Waals surface area contributed by atoms with Gasteiger partial charge in [0.25, 0.3) is 0 Å². The van der Waals surface area contributed by atoms with Gasteiger partial charge in [0.15, 0.2) is 0 Å². The monoisotopic (exact) mass is 548 g/mol. The van der Waals surface area contributed by atoms with Crippen LogP contribution in [0.2, 0.25) is 0 Å². The molecule has 0 fully saturated rings. The maximum Gasteiger partial charge on any atom is 0.143 e. The molecule has 1 heterocycles. The molecule has 43 heavy (non-hydrogen) atoms. The van der Waals surface area contributed by atoms with E-state index in [4.69, 9.17) is 4.42 Å². The summed E-state index contributed by atoms with van der Waals surface area (Å²) in [7, 11) is 0. The van der Waals surface area contributed by atoms with Crippen molar-refractivity contribution in [1.29, 1.82) is 0 Å². The first-order valence-corrected chi connectivity index (χ1v) is 15.0. The van der Waals surface area contributed by atoms with E-state index in [1.54, 1.807) is 0 Å². The van der Waals surface area contributed by atoms with Gasteiger partial charge in [-0.05, 0) is 50.4 Å². The Labute approximate surface area is 250 Å². The lowest BCUT2D eigenvalue weighted by atomic mass is 9.66. The first kappa shape index (κ1) is 24.2. The highest BCUT2D eigenvalue weighted by molar-refractivity contribution is 6.18. The maximum atomic E-state index is 6.95. The smallest absolute Gasteiger partial charge is 0.143 e. The van der Waals surface area contributed by atoms with E-state index in [1.165, 1.54) is 55.1 Å². The Morgan fingerprint density at radius 2 is 1.23 bits per heavy atom. The minimum Gasteiger partial charge on any atom is -0.455 e. The van der Waals surface area contributed by atoms with Gasteiger partial charge in [-0.15, -0.1) is 0 Å². The first-order chi connectivity index (χ1) is 21.4. The fraction of sp³-hybridized carbons (Fsp3) is 0.0476. The number of benzene rings is 6. The normalized spacial score (nSPS) is 17.5. The van der Waals surface area contributed by atoms with Crippen molar-refractivity contribution < 1.29 is 4.42 Å². The van der Waals surface area contributed by atoms with Crippen LogP contribution in [0.4, 0.5) is 0 Å². The molecule has 0 saturated carbocycles. The molecule has 2 atom stereocenters. The molecule has 0 N–H and O–H groups in total. The van der Waals surface area contributed by atoms with E-state index in [9.17, 15) is 0 Å². The molecule has 1 nitrogen and oxygen atoms in total. The minimum atomic E-state index is 0.138. The molecule has 6 aromatic carbocycles. The van der Waals surface area contributed by atoms with Gasteiger partial charge in [0, 0.05) is 33.6 Å². The quantitative estimate of drug-likeness (QED) is 0.214. The highest BCUT2D eigenvalue weighted by Crippen LogP contribution is 2.53. The molecule has 1 aromatic heterocycles. The second kappa shape index (κ2) is 9.58. The Balaban J connectivity index is 1.38. The standard InChI is InChI=1S/C42H28O/c1-3-13-27(14-4-1)31-25-26-36(40-37-24-23-28-15-7-8-18-30(28)41(37)43-42(31)40)39-34-21-11-9-19-32(34)38(29-16-5-2-6-17-29)33-20-10-12-22-35(33)39/h1-26,34,39H. The van der Waals surface area contributed by atoms with E-state index < -0.39 is 0 Å². The van der Waals surface area contributed by atoms with Crippen molar-refractivity contribution in [3.05, 3.63) is 186 Å². The molecule has 9 rings (SSSR count). The summed E-state index contributed by atoms with van der Waals surface area (Å²) in [6.07, 6.45) is 9.13. The van der Waals surface area contributed by atoms with Crippen molar-refractivity contribution in [3.8, 4) is 11.1 Å². The summed E-state index contributed by atoms with van der Waals surface area (Å²) < 4.78 is 6.95. The van der Waals surface area contributed by atoms with Crippen molar-refractivity contribution in [2.75, 3.05) is 0 Å². The van der Waals surface area contributed by atoms with E-state index >= 15 is 0 Å². The Kier molecular flexibility index (Phi) is 5.39. The number of furan rings is 1. The van der Waals surface area contributed by atoms with Crippen LogP contribution in [-0.2, 0) is 0 Å². The van der Waals surface area contributed by atoms with Crippen molar-refractivity contribution in [2.24, 2.45) is 5.92 Å². The van der Waals surface area contributed by atoms with Crippen molar-refractivity contribution in [1.82, 2.24) is 0 Å². The molecule has 0 radical (unpaired) electrons. The number of rotatable bonds is 3. The largest absolute Gasteiger partial charge is 0.455 e. The van der Waals surface area contributed by atoms with E-state index in [2.05, 4.69) is 158 Å². The zero-order chi connectivity index (χ0) is 28.3. The van der Waals surface area contributed by atoms with Crippen LogP contribution in [0.5, 0.6) is 0 Å². The highest BCUT2D eigenvalue weighted by atomic mass is 16.3. The van der Waals surface area contributed by atoms with E-state index in [0.29, 0.717) is 0 Å². The van der Waals surface area contributed by atoms with Crippen molar-refractivity contribution >= 4 is 38.3 Å². The van der Waals surface area contributed by atoms with E-state index in [1.807, 2.05) is 0 Å². The number of fused-ring (bicyclic) bond motifs is 7. The summed E-state index contributed by atoms with van der Waals surface area (Å²) in [5, 5.41) is 4.73. The average molecular weight is 549 g/mol. The van der Waals surface area contributed by atoms with Crippen molar-refractivity contribution in [2.45, 2.75) is 5.92 Å². The fourth-order valence-corrected chi connectivity index (χ4v) is 7.47. The molecule has 0 spiro atoms. The zero-order valence-electron chi connectivity index (χ0n) is 23.6. The SMILES string of the molecule is C1=CC2=C(c3ccccc3)c3ccccc3C(c3ccc(-c4ccccc4)c4oc5c6ccccc6ccc5c34)C2C=C1. The number of allylic oxidation sites excluding steroid dienone is 5. The van der Waals surface area contributed by atoms with Crippen LogP contribution in [0.15, 0.2) is 168 Å². The van der Waals surface area contributed by atoms with Crippen LogP contribution < -0.4 is 0 Å².